The van der Waals surface area contributed by atoms with Crippen LogP contribution in [-0.4, -0.2) is 53.1 Å². The molecule has 0 spiro atoms. The van der Waals surface area contributed by atoms with Crippen LogP contribution in [0.15, 0.2) is 30.3 Å². The first-order chi connectivity index (χ1) is 13.7. The minimum Gasteiger partial charge on any atom is -0.497 e. The second-order valence-corrected chi connectivity index (χ2v) is 8.59. The number of benzene rings is 1. The van der Waals surface area contributed by atoms with Gasteiger partial charge in [-0.15, -0.1) is 0 Å². The maximum atomic E-state index is 13.2. The average Bonchev–Trinajstić information content (AvgIpc) is 2.65. The van der Waals surface area contributed by atoms with Crippen molar-refractivity contribution in [2.75, 3.05) is 37.4 Å². The number of ether oxygens (including phenoxy) is 1. The maximum absolute atomic E-state index is 13.2. The molecule has 7 nitrogen and oxygen atoms in total. The zero-order valence-electron chi connectivity index (χ0n) is 18.0. The van der Waals surface area contributed by atoms with Crippen LogP contribution in [0, 0.1) is 5.92 Å². The first kappa shape index (κ1) is 20.9. The summed E-state index contributed by atoms with van der Waals surface area (Å²) in [4.78, 5) is 25.8. The van der Waals surface area contributed by atoms with E-state index in [1.807, 2.05) is 23.1 Å². The molecule has 2 heterocycles. The predicted molar refractivity (Wildman–Crippen MR) is 115 cm³/mol. The van der Waals surface area contributed by atoms with Crippen LogP contribution in [0.4, 0.5) is 11.6 Å². The number of piperazine rings is 1. The number of anilines is 2. The molecular weight excluding hydrogens is 366 g/mol. The predicted octanol–water partition coefficient (Wildman–Crippen LogP) is 3.01. The third-order valence-electron chi connectivity index (χ3n) is 5.19. The highest BCUT2D eigenvalue weighted by Gasteiger charge is 2.36. The van der Waals surface area contributed by atoms with Crippen molar-refractivity contribution in [1.82, 2.24) is 14.9 Å². The molecule has 1 aromatic carbocycles. The summed E-state index contributed by atoms with van der Waals surface area (Å²) in [6.45, 7) is 10.4. The molecule has 7 heteroatoms. The molecule has 0 aliphatic carbocycles. The number of hydrogen-bond donors (Lipinski definition) is 1. The lowest BCUT2D eigenvalue weighted by Crippen LogP contribution is -2.60. The minimum atomic E-state index is -0.236. The van der Waals surface area contributed by atoms with Gasteiger partial charge >= 0.3 is 0 Å². The van der Waals surface area contributed by atoms with Gasteiger partial charge in [0.2, 0.25) is 5.95 Å². The maximum Gasteiger partial charge on any atom is 0.272 e. The van der Waals surface area contributed by atoms with E-state index in [1.54, 1.807) is 13.2 Å². The Labute approximate surface area is 172 Å². The molecule has 0 saturated carbocycles. The number of hydrogen-bond acceptors (Lipinski definition) is 6. The lowest BCUT2D eigenvalue weighted by atomic mass is 9.97. The highest BCUT2D eigenvalue weighted by atomic mass is 16.5. The van der Waals surface area contributed by atoms with E-state index < -0.39 is 0 Å². The Bertz CT molecular complexity index is 881. The summed E-state index contributed by atoms with van der Waals surface area (Å²) < 4.78 is 5.36. The molecule has 2 aromatic rings. The standard InChI is InChI=1S/C22H31N5O2/c1-15(2)11-16-12-19(25-21(23)24-16)20(28)26-9-10-27(22(3,4)14-26)17-7-6-8-18(13-17)29-5/h6-8,12-13,15H,9-11,14H2,1-5H3,(H2,23,24,25). The van der Waals surface area contributed by atoms with Gasteiger partial charge in [-0.1, -0.05) is 19.9 Å². The van der Waals surface area contributed by atoms with E-state index >= 15 is 0 Å². The summed E-state index contributed by atoms with van der Waals surface area (Å²) >= 11 is 0. The fourth-order valence-electron chi connectivity index (χ4n) is 3.90. The normalized spacial score (nSPS) is 16.2. The van der Waals surface area contributed by atoms with Crippen LogP contribution in [0.5, 0.6) is 5.75 Å². The van der Waals surface area contributed by atoms with Crippen LogP contribution >= 0.6 is 0 Å². The number of amides is 1. The van der Waals surface area contributed by atoms with Gasteiger partial charge in [0.05, 0.1) is 12.6 Å². The summed E-state index contributed by atoms with van der Waals surface area (Å²) in [7, 11) is 1.67. The minimum absolute atomic E-state index is 0.0949. The summed E-state index contributed by atoms with van der Waals surface area (Å²) in [6, 6.07) is 9.81. The zero-order chi connectivity index (χ0) is 21.2. The van der Waals surface area contributed by atoms with E-state index in [2.05, 4.69) is 48.6 Å². The van der Waals surface area contributed by atoms with Gasteiger partial charge in [0.15, 0.2) is 0 Å². The van der Waals surface area contributed by atoms with Crippen molar-refractivity contribution in [3.05, 3.63) is 41.7 Å². The van der Waals surface area contributed by atoms with Crippen LogP contribution in [0.1, 0.15) is 43.9 Å². The Morgan fingerprint density at radius 3 is 2.66 bits per heavy atom. The summed E-state index contributed by atoms with van der Waals surface area (Å²) in [5.41, 5.74) is 7.91. The molecule has 2 N–H and O–H groups in total. The van der Waals surface area contributed by atoms with Gasteiger partial charge in [-0.2, -0.15) is 0 Å². The Hall–Kier alpha value is -2.83. The van der Waals surface area contributed by atoms with Gasteiger partial charge in [-0.25, -0.2) is 9.97 Å². The third-order valence-corrected chi connectivity index (χ3v) is 5.19. The molecule has 0 radical (unpaired) electrons. The number of nitrogen functional groups attached to an aromatic ring is 1. The van der Waals surface area contributed by atoms with Gasteiger partial charge in [0, 0.05) is 37.1 Å². The van der Waals surface area contributed by atoms with E-state index in [0.717, 1.165) is 30.1 Å². The fourth-order valence-corrected chi connectivity index (χ4v) is 3.90. The summed E-state index contributed by atoms with van der Waals surface area (Å²) in [6.07, 6.45) is 0.766. The van der Waals surface area contributed by atoms with Crippen LogP contribution in [-0.2, 0) is 6.42 Å². The van der Waals surface area contributed by atoms with E-state index in [9.17, 15) is 4.79 Å². The Kier molecular flexibility index (Phi) is 5.96. The first-order valence-corrected chi connectivity index (χ1v) is 10.0. The van der Waals surface area contributed by atoms with Crippen LogP contribution < -0.4 is 15.4 Å². The lowest BCUT2D eigenvalue weighted by Gasteiger charge is -2.48. The highest BCUT2D eigenvalue weighted by molar-refractivity contribution is 5.93. The Morgan fingerprint density at radius 2 is 2.00 bits per heavy atom. The SMILES string of the molecule is COc1cccc(N2CCN(C(=O)c3cc(CC(C)C)nc(N)n3)CC2(C)C)c1. The van der Waals surface area contributed by atoms with Crippen LogP contribution in [0.3, 0.4) is 0 Å². The van der Waals surface area contributed by atoms with Crippen LogP contribution in [0.25, 0.3) is 0 Å². The van der Waals surface area contributed by atoms with Crippen molar-refractivity contribution < 1.29 is 9.53 Å². The molecule has 1 saturated heterocycles. The van der Waals surface area contributed by atoms with Crippen LogP contribution in [0.2, 0.25) is 0 Å². The number of carbonyl (C=O) groups excluding carboxylic acids is 1. The van der Waals surface area contributed by atoms with Crippen molar-refractivity contribution in [2.45, 2.75) is 39.7 Å². The molecule has 0 bridgehead atoms. The van der Waals surface area contributed by atoms with Crippen molar-refractivity contribution >= 4 is 17.5 Å². The number of methoxy groups -OCH3 is 1. The first-order valence-electron chi connectivity index (χ1n) is 10.0. The second-order valence-electron chi connectivity index (χ2n) is 8.59. The van der Waals surface area contributed by atoms with Crippen molar-refractivity contribution in [3.8, 4) is 5.75 Å². The topological polar surface area (TPSA) is 84.6 Å². The summed E-state index contributed by atoms with van der Waals surface area (Å²) in [5, 5.41) is 0. The number of aromatic nitrogens is 2. The van der Waals surface area contributed by atoms with Gasteiger partial charge in [0.25, 0.3) is 5.91 Å². The largest absolute Gasteiger partial charge is 0.497 e. The molecule has 0 atom stereocenters. The van der Waals surface area contributed by atoms with Gasteiger partial charge in [-0.05, 0) is 44.4 Å². The van der Waals surface area contributed by atoms with Gasteiger partial charge in [0.1, 0.15) is 11.4 Å². The van der Waals surface area contributed by atoms with E-state index in [-0.39, 0.29) is 17.4 Å². The number of nitrogens with two attached hydrogens (primary N) is 1. The number of rotatable bonds is 5. The van der Waals surface area contributed by atoms with Crippen molar-refractivity contribution in [2.24, 2.45) is 5.92 Å². The smallest absolute Gasteiger partial charge is 0.272 e. The summed E-state index contributed by atoms with van der Waals surface area (Å²) in [5.74, 6) is 1.31. The molecule has 0 unspecified atom stereocenters. The lowest BCUT2D eigenvalue weighted by molar-refractivity contribution is 0.0680. The fraction of sp³-hybridized carbons (Fsp3) is 0.500. The quantitative estimate of drug-likeness (QED) is 0.835. The molecule has 1 aliphatic heterocycles. The van der Waals surface area contributed by atoms with Gasteiger partial charge in [-0.3, -0.25) is 4.79 Å². The van der Waals surface area contributed by atoms with Crippen molar-refractivity contribution in [1.29, 1.82) is 0 Å². The average molecular weight is 398 g/mol. The highest BCUT2D eigenvalue weighted by Crippen LogP contribution is 2.30. The Morgan fingerprint density at radius 1 is 1.24 bits per heavy atom. The Balaban J connectivity index is 1.79. The molecule has 29 heavy (non-hydrogen) atoms. The van der Waals surface area contributed by atoms with Crippen molar-refractivity contribution in [3.63, 3.8) is 0 Å². The number of carbonyl (C=O) groups is 1. The molecule has 1 aliphatic rings. The van der Waals surface area contributed by atoms with E-state index in [1.165, 1.54) is 0 Å². The molecule has 3 rings (SSSR count). The second kappa shape index (κ2) is 8.27. The molecular formula is C22H31N5O2. The molecule has 1 amide bonds. The zero-order valence-corrected chi connectivity index (χ0v) is 18.0. The molecule has 1 aromatic heterocycles. The van der Waals surface area contributed by atoms with E-state index in [0.29, 0.717) is 24.7 Å². The third kappa shape index (κ3) is 4.78. The number of nitrogens with zero attached hydrogens (tertiary/aromatic N) is 4. The van der Waals surface area contributed by atoms with Gasteiger partial charge < -0.3 is 20.3 Å². The molecule has 1 fully saturated rings. The van der Waals surface area contributed by atoms with E-state index in [4.69, 9.17) is 10.5 Å². The monoisotopic (exact) mass is 397 g/mol. The molecule has 156 valence electrons.